The molecule has 1 heterocycles. The molecule has 0 aromatic rings. The Labute approximate surface area is 118 Å². The highest BCUT2D eigenvalue weighted by molar-refractivity contribution is 5.73. The maximum absolute atomic E-state index is 5.92. The van der Waals surface area contributed by atoms with Crippen LogP contribution in [0.25, 0.3) is 0 Å². The van der Waals surface area contributed by atoms with Crippen molar-refractivity contribution >= 4 is 5.90 Å². The topological polar surface area (TPSA) is 28.1 Å². The molecule has 0 atom stereocenters. The normalized spacial score (nSPS) is 18.7. The summed E-state index contributed by atoms with van der Waals surface area (Å²) in [6.07, 6.45) is 2.52. The predicted octanol–water partition coefficient (Wildman–Crippen LogP) is 2.72. The van der Waals surface area contributed by atoms with Gasteiger partial charge < -0.3 is 14.5 Å². The van der Waals surface area contributed by atoms with E-state index >= 15 is 0 Å². The summed E-state index contributed by atoms with van der Waals surface area (Å²) in [5, 5.41) is 0. The number of allylic oxidation sites excluding steroid dienone is 1. The Morgan fingerprint density at radius 2 is 1.95 bits per heavy atom. The van der Waals surface area contributed by atoms with Crippen molar-refractivity contribution in [2.75, 3.05) is 26.8 Å². The zero-order valence-electron chi connectivity index (χ0n) is 13.1. The third-order valence-corrected chi connectivity index (χ3v) is 3.70. The summed E-state index contributed by atoms with van der Waals surface area (Å²) < 4.78 is 5.92. The Balaban J connectivity index is 2.32. The number of nitrogens with zero attached hydrogens (tertiary/aromatic N) is 3. The summed E-state index contributed by atoms with van der Waals surface area (Å²) in [4.78, 5) is 8.95. The Bertz CT molecular complexity index is 317. The number of likely N-dealkylation sites (tertiary alicyclic amines) is 1. The van der Waals surface area contributed by atoms with E-state index in [2.05, 4.69) is 30.3 Å². The third kappa shape index (κ3) is 5.64. The van der Waals surface area contributed by atoms with Gasteiger partial charge in [0.15, 0.2) is 5.90 Å². The smallest absolute Gasteiger partial charge is 0.182 e. The van der Waals surface area contributed by atoms with Crippen LogP contribution in [-0.4, -0.2) is 54.6 Å². The van der Waals surface area contributed by atoms with E-state index < -0.39 is 0 Å². The molecule has 0 radical (unpaired) electrons. The van der Waals surface area contributed by atoms with Crippen LogP contribution in [0.1, 0.15) is 40.5 Å². The van der Waals surface area contributed by atoms with E-state index in [1.807, 2.05) is 25.8 Å². The highest BCUT2D eigenvalue weighted by atomic mass is 16.5. The van der Waals surface area contributed by atoms with E-state index in [0.29, 0.717) is 18.8 Å². The lowest BCUT2D eigenvalue weighted by atomic mass is 10.1. The zero-order chi connectivity index (χ0) is 14.4. The Morgan fingerprint density at radius 3 is 2.42 bits per heavy atom. The van der Waals surface area contributed by atoms with E-state index in [1.165, 1.54) is 0 Å². The van der Waals surface area contributed by atoms with E-state index in [1.54, 1.807) is 0 Å². The molecule has 1 rings (SSSR count). The fraction of sp³-hybridized carbons (Fsp3) is 0.800. The first-order chi connectivity index (χ1) is 8.90. The van der Waals surface area contributed by atoms with Crippen LogP contribution in [0.3, 0.4) is 0 Å². The minimum Gasteiger partial charge on any atom is -0.478 e. The summed E-state index contributed by atoms with van der Waals surface area (Å²) >= 11 is 0. The van der Waals surface area contributed by atoms with Gasteiger partial charge in [-0.2, -0.15) is 0 Å². The van der Waals surface area contributed by atoms with Crippen molar-refractivity contribution in [2.24, 2.45) is 4.99 Å². The molecule has 0 unspecified atom stereocenters. The molecule has 0 spiro atoms. The zero-order valence-corrected chi connectivity index (χ0v) is 13.1. The Morgan fingerprint density at radius 1 is 1.37 bits per heavy atom. The predicted molar refractivity (Wildman–Crippen MR) is 81.4 cm³/mol. The van der Waals surface area contributed by atoms with Crippen LogP contribution >= 0.6 is 0 Å². The molecule has 1 aliphatic rings. The number of rotatable bonds is 5. The largest absolute Gasteiger partial charge is 0.478 e. The van der Waals surface area contributed by atoms with E-state index in [9.17, 15) is 0 Å². The van der Waals surface area contributed by atoms with Gasteiger partial charge in [-0.3, -0.25) is 0 Å². The van der Waals surface area contributed by atoms with E-state index in [0.717, 1.165) is 37.5 Å². The van der Waals surface area contributed by atoms with Crippen LogP contribution in [0.2, 0.25) is 0 Å². The minimum absolute atomic E-state index is 0.328. The van der Waals surface area contributed by atoms with Crippen molar-refractivity contribution in [2.45, 2.75) is 52.7 Å². The number of hydrogen-bond donors (Lipinski definition) is 0. The molecule has 0 aromatic carbocycles. The van der Waals surface area contributed by atoms with Crippen molar-refractivity contribution in [3.8, 4) is 0 Å². The molecule has 0 saturated carbocycles. The highest BCUT2D eigenvalue weighted by Gasteiger charge is 2.22. The van der Waals surface area contributed by atoms with Crippen LogP contribution in [-0.2, 0) is 4.74 Å². The molecule has 1 saturated heterocycles. The molecule has 1 fully saturated rings. The lowest BCUT2D eigenvalue weighted by Crippen LogP contribution is -2.41. The molecule has 4 nitrogen and oxygen atoms in total. The highest BCUT2D eigenvalue weighted by Crippen LogP contribution is 2.16. The van der Waals surface area contributed by atoms with Crippen LogP contribution in [0.5, 0.6) is 0 Å². The van der Waals surface area contributed by atoms with Gasteiger partial charge in [0.05, 0.1) is 0 Å². The number of hydrogen-bond acceptors (Lipinski definition) is 4. The quantitative estimate of drug-likeness (QED) is 0.566. The summed E-state index contributed by atoms with van der Waals surface area (Å²) in [7, 11) is 1.99. The van der Waals surface area contributed by atoms with Gasteiger partial charge in [0.25, 0.3) is 0 Å². The second-order valence-electron chi connectivity index (χ2n) is 5.70. The maximum Gasteiger partial charge on any atom is 0.182 e. The molecule has 0 aromatic heterocycles. The molecular formula is C15H29N3O. The maximum atomic E-state index is 5.92. The summed E-state index contributed by atoms with van der Waals surface area (Å²) in [6.45, 7) is 15.2. The number of ether oxygens (including phenoxy) is 1. The van der Waals surface area contributed by atoms with Crippen LogP contribution in [0, 0.1) is 0 Å². The molecule has 1 aliphatic heterocycles. The van der Waals surface area contributed by atoms with Crippen molar-refractivity contribution in [3.63, 3.8) is 0 Å². The van der Waals surface area contributed by atoms with Crippen molar-refractivity contribution in [1.82, 2.24) is 9.80 Å². The monoisotopic (exact) mass is 267 g/mol. The number of piperidine rings is 1. The molecular weight excluding hydrogens is 238 g/mol. The first-order valence-electron chi connectivity index (χ1n) is 7.18. The minimum atomic E-state index is 0.328. The molecule has 0 bridgehead atoms. The van der Waals surface area contributed by atoms with E-state index in [-0.39, 0.29) is 0 Å². The van der Waals surface area contributed by atoms with Gasteiger partial charge in [-0.1, -0.05) is 6.58 Å². The van der Waals surface area contributed by atoms with Gasteiger partial charge in [-0.05, 0) is 33.6 Å². The Hall–Kier alpha value is -1.03. The lowest BCUT2D eigenvalue weighted by Gasteiger charge is -2.34. The fourth-order valence-electron chi connectivity index (χ4n) is 2.11. The third-order valence-electron chi connectivity index (χ3n) is 3.70. The summed E-state index contributed by atoms with van der Waals surface area (Å²) in [5.74, 6) is 0.788. The second kappa shape index (κ2) is 7.53. The standard InChI is InChI=1S/C15H29N3O/c1-12(2)17(6)11-16-14(5)19-15-7-9-18(10-8-15)13(3)4/h13,15H,1,7-11H2,2-6H3/b16-14+. The first-order valence-corrected chi connectivity index (χ1v) is 7.18. The average molecular weight is 267 g/mol. The SMILES string of the molecule is C=C(C)N(C)C/N=C(\C)OC1CCN(C(C)C)CC1. The molecule has 0 amide bonds. The fourth-order valence-corrected chi connectivity index (χ4v) is 2.11. The van der Waals surface area contributed by atoms with Crippen LogP contribution in [0.15, 0.2) is 17.3 Å². The van der Waals surface area contributed by atoms with Gasteiger partial charge in [-0.15, -0.1) is 0 Å². The summed E-state index contributed by atoms with van der Waals surface area (Å²) in [5.41, 5.74) is 1.02. The summed E-state index contributed by atoms with van der Waals surface area (Å²) in [6, 6.07) is 0.639. The van der Waals surface area contributed by atoms with Gasteiger partial charge in [0, 0.05) is 38.8 Å². The lowest BCUT2D eigenvalue weighted by molar-refractivity contribution is 0.0758. The molecule has 0 aliphatic carbocycles. The Kier molecular flexibility index (Phi) is 6.35. The molecule has 4 heteroatoms. The van der Waals surface area contributed by atoms with Gasteiger partial charge in [-0.25, -0.2) is 4.99 Å². The van der Waals surface area contributed by atoms with E-state index in [4.69, 9.17) is 4.74 Å². The van der Waals surface area contributed by atoms with Crippen molar-refractivity contribution < 1.29 is 4.74 Å². The van der Waals surface area contributed by atoms with Crippen molar-refractivity contribution in [1.29, 1.82) is 0 Å². The first kappa shape index (κ1) is 16.0. The van der Waals surface area contributed by atoms with Gasteiger partial charge >= 0.3 is 0 Å². The second-order valence-corrected chi connectivity index (χ2v) is 5.70. The van der Waals surface area contributed by atoms with Crippen LogP contribution < -0.4 is 0 Å². The van der Waals surface area contributed by atoms with Crippen LogP contribution in [0.4, 0.5) is 0 Å². The molecule has 0 N–H and O–H groups in total. The van der Waals surface area contributed by atoms with Gasteiger partial charge in [0.1, 0.15) is 12.8 Å². The van der Waals surface area contributed by atoms with Gasteiger partial charge in [0.2, 0.25) is 0 Å². The van der Waals surface area contributed by atoms with Crippen molar-refractivity contribution in [3.05, 3.63) is 12.3 Å². The number of aliphatic imine (C=N–C) groups is 1. The molecule has 110 valence electrons. The molecule has 19 heavy (non-hydrogen) atoms. The average Bonchev–Trinajstić information content (AvgIpc) is 2.36.